The van der Waals surface area contributed by atoms with Gasteiger partial charge in [0, 0.05) is 48.4 Å². The van der Waals surface area contributed by atoms with Crippen LogP contribution in [0.4, 0.5) is 0 Å². The van der Waals surface area contributed by atoms with E-state index in [-0.39, 0.29) is 24.0 Å². The van der Waals surface area contributed by atoms with Crippen molar-refractivity contribution in [3.63, 3.8) is 0 Å². The van der Waals surface area contributed by atoms with Gasteiger partial charge >= 0.3 is 0 Å². The average Bonchev–Trinajstić information content (AvgIpc) is 2.53. The minimum Gasteiger partial charge on any atom is -0.492 e. The minimum absolute atomic E-state index is 0. The molecule has 7 heteroatoms. The number of rotatable bonds is 9. The Labute approximate surface area is 169 Å². The second kappa shape index (κ2) is 13.2. The predicted molar refractivity (Wildman–Crippen MR) is 115 cm³/mol. The van der Waals surface area contributed by atoms with Gasteiger partial charge in [-0.1, -0.05) is 12.1 Å². The molecule has 25 heavy (non-hydrogen) atoms. The fraction of sp³-hybridized carbons (Fsp3) is 0.611. The molecule has 0 aliphatic rings. The van der Waals surface area contributed by atoms with Crippen molar-refractivity contribution in [2.75, 3.05) is 68.7 Å². The zero-order valence-electron chi connectivity index (χ0n) is 16.4. The molecule has 0 bridgehead atoms. The number of ether oxygens (including phenoxy) is 2. The highest BCUT2D eigenvalue weighted by molar-refractivity contribution is 14.0. The average molecular weight is 464 g/mol. The molecule has 1 aromatic rings. The summed E-state index contributed by atoms with van der Waals surface area (Å²) < 4.78 is 10.9. The summed E-state index contributed by atoms with van der Waals surface area (Å²) in [6.45, 7) is 3.82. The third-order valence-electron chi connectivity index (χ3n) is 3.52. The predicted octanol–water partition coefficient (Wildman–Crippen LogP) is 2.24. The van der Waals surface area contributed by atoms with Crippen LogP contribution in [-0.2, 0) is 11.3 Å². The third-order valence-corrected chi connectivity index (χ3v) is 3.52. The Morgan fingerprint density at radius 1 is 1.00 bits per heavy atom. The quantitative estimate of drug-likeness (QED) is 0.319. The third kappa shape index (κ3) is 9.86. The monoisotopic (exact) mass is 464 g/mol. The highest BCUT2D eigenvalue weighted by atomic mass is 127. The number of benzene rings is 1. The Kier molecular flexibility index (Phi) is 12.6. The molecule has 0 N–H and O–H groups in total. The first-order chi connectivity index (χ1) is 11.4. The Morgan fingerprint density at radius 3 is 2.24 bits per heavy atom. The minimum atomic E-state index is 0. The molecule has 0 amide bonds. The van der Waals surface area contributed by atoms with Crippen molar-refractivity contribution in [1.29, 1.82) is 0 Å². The van der Waals surface area contributed by atoms with Crippen LogP contribution >= 0.6 is 24.0 Å². The molecule has 0 fully saturated rings. The van der Waals surface area contributed by atoms with Crippen LogP contribution in [0.25, 0.3) is 0 Å². The molecule has 0 saturated carbocycles. The molecule has 0 aliphatic heterocycles. The Hall–Kier alpha value is -1.06. The van der Waals surface area contributed by atoms with Crippen molar-refractivity contribution in [2.45, 2.75) is 6.54 Å². The van der Waals surface area contributed by atoms with Crippen LogP contribution in [0.2, 0.25) is 0 Å². The molecular formula is C18H33IN4O2. The molecule has 144 valence electrons. The Bertz CT molecular complexity index is 500. The van der Waals surface area contributed by atoms with Gasteiger partial charge in [-0.25, -0.2) is 4.99 Å². The van der Waals surface area contributed by atoms with Gasteiger partial charge in [-0.3, -0.25) is 0 Å². The lowest BCUT2D eigenvalue weighted by atomic mass is 10.2. The lowest BCUT2D eigenvalue weighted by Gasteiger charge is -2.22. The maximum absolute atomic E-state index is 5.85. The smallest absolute Gasteiger partial charge is 0.195 e. The second-order valence-corrected chi connectivity index (χ2v) is 6.20. The lowest BCUT2D eigenvalue weighted by molar-refractivity contribution is 0.150. The molecule has 0 aliphatic carbocycles. The summed E-state index contributed by atoms with van der Waals surface area (Å²) in [5.74, 6) is 1.83. The molecule has 0 heterocycles. The molecule has 6 nitrogen and oxygen atoms in total. The number of methoxy groups -OCH3 is 1. The van der Waals surface area contributed by atoms with Gasteiger partial charge in [0.2, 0.25) is 0 Å². The molecule has 0 radical (unpaired) electrons. The van der Waals surface area contributed by atoms with Gasteiger partial charge in [0.15, 0.2) is 5.96 Å². The lowest BCUT2D eigenvalue weighted by Crippen LogP contribution is -2.35. The first-order valence-corrected chi connectivity index (χ1v) is 8.22. The van der Waals surface area contributed by atoms with E-state index in [1.807, 2.05) is 50.1 Å². The highest BCUT2D eigenvalue weighted by Crippen LogP contribution is 2.14. The van der Waals surface area contributed by atoms with Crippen molar-refractivity contribution < 1.29 is 9.47 Å². The first kappa shape index (κ1) is 23.9. The summed E-state index contributed by atoms with van der Waals surface area (Å²) in [6, 6.07) is 8.13. The summed E-state index contributed by atoms with van der Waals surface area (Å²) in [5, 5.41) is 0. The zero-order valence-corrected chi connectivity index (χ0v) is 18.7. The fourth-order valence-electron chi connectivity index (χ4n) is 2.26. The molecule has 0 saturated heterocycles. The van der Waals surface area contributed by atoms with Crippen molar-refractivity contribution in [3.05, 3.63) is 29.8 Å². The van der Waals surface area contributed by atoms with Crippen LogP contribution < -0.4 is 4.74 Å². The zero-order chi connectivity index (χ0) is 17.9. The topological polar surface area (TPSA) is 40.5 Å². The van der Waals surface area contributed by atoms with E-state index in [4.69, 9.17) is 9.47 Å². The van der Waals surface area contributed by atoms with E-state index in [1.165, 1.54) is 0 Å². The maximum atomic E-state index is 5.85. The van der Waals surface area contributed by atoms with E-state index in [1.54, 1.807) is 7.11 Å². The van der Waals surface area contributed by atoms with Crippen molar-refractivity contribution in [2.24, 2.45) is 4.99 Å². The van der Waals surface area contributed by atoms with Gasteiger partial charge in [0.05, 0.1) is 13.2 Å². The Morgan fingerprint density at radius 2 is 1.64 bits per heavy atom. The molecule has 1 rings (SSSR count). The molecule has 0 spiro atoms. The normalized spacial score (nSPS) is 10.2. The first-order valence-electron chi connectivity index (χ1n) is 8.22. The number of halogens is 1. The van der Waals surface area contributed by atoms with E-state index in [9.17, 15) is 0 Å². The molecule has 0 atom stereocenters. The molecule has 1 aromatic carbocycles. The van der Waals surface area contributed by atoms with Gasteiger partial charge in [-0.05, 0) is 24.7 Å². The highest BCUT2D eigenvalue weighted by Gasteiger charge is 2.04. The maximum Gasteiger partial charge on any atom is 0.195 e. The standard InChI is InChI=1S/C18H32N4O2.HI/c1-20(2)18(21(3)4)19-15-16-8-7-9-17(14-16)24-13-11-22(5)10-12-23-6;/h7-9,14H,10-13,15H2,1-6H3;1H. The number of nitrogens with zero attached hydrogens (tertiary/aromatic N) is 4. The molecule has 0 aromatic heterocycles. The number of hydrogen-bond acceptors (Lipinski definition) is 4. The van der Waals surface area contributed by atoms with Crippen LogP contribution in [0.15, 0.2) is 29.3 Å². The second-order valence-electron chi connectivity index (χ2n) is 6.20. The number of hydrogen-bond donors (Lipinski definition) is 0. The van der Waals surface area contributed by atoms with Crippen molar-refractivity contribution >= 4 is 29.9 Å². The van der Waals surface area contributed by atoms with Gasteiger partial charge in [-0.15, -0.1) is 24.0 Å². The summed E-state index contributed by atoms with van der Waals surface area (Å²) in [6.07, 6.45) is 0. The van der Waals surface area contributed by atoms with E-state index in [0.29, 0.717) is 13.2 Å². The summed E-state index contributed by atoms with van der Waals surface area (Å²) in [4.78, 5) is 10.9. The largest absolute Gasteiger partial charge is 0.492 e. The van der Waals surface area contributed by atoms with Crippen molar-refractivity contribution in [1.82, 2.24) is 14.7 Å². The van der Waals surface area contributed by atoms with Gasteiger partial charge < -0.3 is 24.2 Å². The van der Waals surface area contributed by atoms with Crippen LogP contribution in [-0.4, -0.2) is 89.3 Å². The number of likely N-dealkylation sites (N-methyl/N-ethyl adjacent to an activating group) is 1. The fourth-order valence-corrected chi connectivity index (χ4v) is 2.26. The molecular weight excluding hydrogens is 431 g/mol. The van der Waals surface area contributed by atoms with E-state index < -0.39 is 0 Å². The van der Waals surface area contributed by atoms with Crippen LogP contribution in [0.5, 0.6) is 5.75 Å². The SMILES string of the molecule is COCCN(C)CCOc1cccc(CN=C(N(C)C)N(C)C)c1.I. The van der Waals surface area contributed by atoms with Gasteiger partial charge in [0.1, 0.15) is 12.4 Å². The molecule has 0 unspecified atom stereocenters. The van der Waals surface area contributed by atoms with Crippen molar-refractivity contribution in [3.8, 4) is 5.75 Å². The summed E-state index contributed by atoms with van der Waals surface area (Å²) in [5.41, 5.74) is 1.14. The number of aliphatic imine (C=N–C) groups is 1. The summed E-state index contributed by atoms with van der Waals surface area (Å²) >= 11 is 0. The van der Waals surface area contributed by atoms with Crippen LogP contribution in [0, 0.1) is 0 Å². The van der Waals surface area contributed by atoms with E-state index in [2.05, 4.69) is 29.1 Å². The van der Waals surface area contributed by atoms with Gasteiger partial charge in [-0.2, -0.15) is 0 Å². The van der Waals surface area contributed by atoms with Crippen LogP contribution in [0.1, 0.15) is 5.56 Å². The Balaban J connectivity index is 0.00000576. The van der Waals surface area contributed by atoms with E-state index >= 15 is 0 Å². The summed E-state index contributed by atoms with van der Waals surface area (Å²) in [7, 11) is 11.8. The van der Waals surface area contributed by atoms with E-state index in [0.717, 1.165) is 37.0 Å². The van der Waals surface area contributed by atoms with Gasteiger partial charge in [0.25, 0.3) is 0 Å². The van der Waals surface area contributed by atoms with Crippen LogP contribution in [0.3, 0.4) is 0 Å². The number of guanidine groups is 1.